The molecule has 1 aromatic rings. The molecule has 2 N–H and O–H groups in total. The van der Waals surface area contributed by atoms with Gasteiger partial charge in [0.25, 0.3) is 0 Å². The molecule has 0 bridgehead atoms. The molecule has 1 unspecified atom stereocenters. The minimum Gasteiger partial charge on any atom is -0.481 e. The predicted molar refractivity (Wildman–Crippen MR) is 71.6 cm³/mol. The van der Waals surface area contributed by atoms with Gasteiger partial charge in [-0.1, -0.05) is 25.1 Å². The van der Waals surface area contributed by atoms with E-state index < -0.39 is 17.3 Å². The maximum absolute atomic E-state index is 13.6. The number of hydrogen-bond acceptors (Lipinski definition) is 2. The molecular formula is C15H18FNO3. The molecule has 0 radical (unpaired) electrons. The standard InChI is InChI=1S/C15H18FNO3/c1-10(13(18)19)9-17-14(20)15(6-7-15)8-11-4-2-3-5-12(11)16/h2-5,10H,6-9H2,1H3,(H,17,20)(H,18,19). The van der Waals surface area contributed by atoms with E-state index in [1.54, 1.807) is 25.1 Å². The Hall–Kier alpha value is -1.91. The minimum absolute atomic E-state index is 0.104. The number of carbonyl (C=O) groups is 2. The van der Waals surface area contributed by atoms with Crippen molar-refractivity contribution in [2.24, 2.45) is 11.3 Å². The Labute approximate surface area is 117 Å². The van der Waals surface area contributed by atoms with Crippen LogP contribution in [-0.4, -0.2) is 23.5 Å². The molecule has 4 nitrogen and oxygen atoms in total. The Bertz CT molecular complexity index is 526. The lowest BCUT2D eigenvalue weighted by Gasteiger charge is -2.17. The zero-order valence-corrected chi connectivity index (χ0v) is 11.4. The second-order valence-electron chi connectivity index (χ2n) is 5.50. The molecule has 1 fully saturated rings. The molecule has 1 aliphatic carbocycles. The number of aliphatic carboxylic acids is 1. The first-order chi connectivity index (χ1) is 9.44. The van der Waals surface area contributed by atoms with Gasteiger partial charge in [-0.15, -0.1) is 0 Å². The van der Waals surface area contributed by atoms with Gasteiger partial charge in [-0.05, 0) is 30.9 Å². The molecule has 0 aromatic heterocycles. The van der Waals surface area contributed by atoms with Gasteiger partial charge in [0, 0.05) is 6.54 Å². The van der Waals surface area contributed by atoms with Gasteiger partial charge in [0.1, 0.15) is 5.82 Å². The Morgan fingerprint density at radius 2 is 2.05 bits per heavy atom. The maximum atomic E-state index is 13.6. The van der Waals surface area contributed by atoms with Gasteiger partial charge in [-0.25, -0.2) is 4.39 Å². The Morgan fingerprint density at radius 1 is 1.40 bits per heavy atom. The molecule has 108 valence electrons. The van der Waals surface area contributed by atoms with Gasteiger partial charge in [-0.3, -0.25) is 9.59 Å². The maximum Gasteiger partial charge on any atom is 0.308 e. The molecule has 1 atom stereocenters. The van der Waals surface area contributed by atoms with E-state index in [1.807, 2.05) is 0 Å². The lowest BCUT2D eigenvalue weighted by atomic mass is 9.95. The van der Waals surface area contributed by atoms with Crippen LogP contribution in [0.3, 0.4) is 0 Å². The summed E-state index contributed by atoms with van der Waals surface area (Å²) in [4.78, 5) is 22.9. The molecule has 0 aliphatic heterocycles. The van der Waals surface area contributed by atoms with E-state index in [2.05, 4.69) is 5.32 Å². The van der Waals surface area contributed by atoms with Crippen LogP contribution in [0.25, 0.3) is 0 Å². The first-order valence-electron chi connectivity index (χ1n) is 6.69. The highest BCUT2D eigenvalue weighted by Crippen LogP contribution is 2.48. The third kappa shape index (κ3) is 3.15. The molecule has 0 heterocycles. The van der Waals surface area contributed by atoms with Gasteiger partial charge in [0.05, 0.1) is 11.3 Å². The zero-order valence-electron chi connectivity index (χ0n) is 11.4. The van der Waals surface area contributed by atoms with Gasteiger partial charge < -0.3 is 10.4 Å². The van der Waals surface area contributed by atoms with Gasteiger partial charge in [0.2, 0.25) is 5.91 Å². The van der Waals surface area contributed by atoms with Crippen LogP contribution in [0.5, 0.6) is 0 Å². The number of carboxylic acids is 1. The number of nitrogens with one attached hydrogen (secondary N) is 1. The third-order valence-electron chi connectivity index (χ3n) is 3.81. The number of carbonyl (C=O) groups excluding carboxylic acids is 1. The third-order valence-corrected chi connectivity index (χ3v) is 3.81. The van der Waals surface area contributed by atoms with Gasteiger partial charge in [-0.2, -0.15) is 0 Å². The summed E-state index contributed by atoms with van der Waals surface area (Å²) >= 11 is 0. The van der Waals surface area contributed by atoms with Crippen molar-refractivity contribution < 1.29 is 19.1 Å². The highest BCUT2D eigenvalue weighted by Gasteiger charge is 2.49. The number of amides is 1. The van der Waals surface area contributed by atoms with E-state index in [-0.39, 0.29) is 18.3 Å². The van der Waals surface area contributed by atoms with E-state index in [1.165, 1.54) is 6.07 Å². The molecule has 1 aromatic carbocycles. The molecular weight excluding hydrogens is 261 g/mol. The van der Waals surface area contributed by atoms with Crippen molar-refractivity contribution in [2.75, 3.05) is 6.54 Å². The average Bonchev–Trinajstić information content (AvgIpc) is 3.19. The lowest BCUT2D eigenvalue weighted by molar-refractivity contribution is -0.141. The van der Waals surface area contributed by atoms with Crippen molar-refractivity contribution >= 4 is 11.9 Å². The van der Waals surface area contributed by atoms with Crippen LogP contribution < -0.4 is 5.32 Å². The highest BCUT2D eigenvalue weighted by molar-refractivity contribution is 5.86. The summed E-state index contributed by atoms with van der Waals surface area (Å²) in [6.45, 7) is 1.65. The molecule has 1 saturated carbocycles. The molecule has 0 spiro atoms. The molecule has 1 aliphatic rings. The molecule has 2 rings (SSSR count). The zero-order chi connectivity index (χ0) is 14.8. The Balaban J connectivity index is 1.96. The number of benzene rings is 1. The quantitative estimate of drug-likeness (QED) is 0.837. The summed E-state index contributed by atoms with van der Waals surface area (Å²) in [6.07, 6.45) is 1.80. The van der Waals surface area contributed by atoms with Crippen molar-refractivity contribution in [3.05, 3.63) is 35.6 Å². The summed E-state index contributed by atoms with van der Waals surface area (Å²) < 4.78 is 13.6. The lowest BCUT2D eigenvalue weighted by Crippen LogP contribution is -2.37. The predicted octanol–water partition coefficient (Wildman–Crippen LogP) is 1.99. The van der Waals surface area contributed by atoms with Crippen LogP contribution in [0, 0.1) is 17.2 Å². The largest absolute Gasteiger partial charge is 0.481 e. The number of halogens is 1. The first-order valence-corrected chi connectivity index (χ1v) is 6.69. The van der Waals surface area contributed by atoms with Gasteiger partial charge >= 0.3 is 5.97 Å². The van der Waals surface area contributed by atoms with Crippen LogP contribution in [0.15, 0.2) is 24.3 Å². The van der Waals surface area contributed by atoms with E-state index in [9.17, 15) is 14.0 Å². The number of carboxylic acid groups (broad SMARTS) is 1. The summed E-state index contributed by atoms with van der Waals surface area (Å²) in [6, 6.07) is 6.43. The van der Waals surface area contributed by atoms with Crippen molar-refractivity contribution in [1.82, 2.24) is 5.32 Å². The average molecular weight is 279 g/mol. The van der Waals surface area contributed by atoms with E-state index in [0.717, 1.165) is 0 Å². The Kier molecular flexibility index (Phi) is 4.06. The number of rotatable bonds is 6. The minimum atomic E-state index is -0.941. The monoisotopic (exact) mass is 279 g/mol. The summed E-state index contributed by atoms with van der Waals surface area (Å²) in [5, 5.41) is 11.4. The highest BCUT2D eigenvalue weighted by atomic mass is 19.1. The molecule has 1 amide bonds. The van der Waals surface area contributed by atoms with Crippen LogP contribution in [0.2, 0.25) is 0 Å². The van der Waals surface area contributed by atoms with Crippen molar-refractivity contribution in [3.8, 4) is 0 Å². The topological polar surface area (TPSA) is 66.4 Å². The molecule has 20 heavy (non-hydrogen) atoms. The van der Waals surface area contributed by atoms with Crippen molar-refractivity contribution in [2.45, 2.75) is 26.2 Å². The second-order valence-corrected chi connectivity index (χ2v) is 5.50. The van der Waals surface area contributed by atoms with E-state index in [4.69, 9.17) is 5.11 Å². The van der Waals surface area contributed by atoms with E-state index >= 15 is 0 Å². The molecule has 0 saturated heterocycles. The van der Waals surface area contributed by atoms with Crippen LogP contribution in [0.1, 0.15) is 25.3 Å². The van der Waals surface area contributed by atoms with Crippen LogP contribution in [-0.2, 0) is 16.0 Å². The van der Waals surface area contributed by atoms with E-state index in [0.29, 0.717) is 24.8 Å². The first kappa shape index (κ1) is 14.5. The van der Waals surface area contributed by atoms with Crippen LogP contribution >= 0.6 is 0 Å². The fourth-order valence-corrected chi connectivity index (χ4v) is 2.16. The SMILES string of the molecule is CC(CNC(=O)C1(Cc2ccccc2F)CC1)C(=O)O. The van der Waals surface area contributed by atoms with Crippen LogP contribution in [0.4, 0.5) is 4.39 Å². The summed E-state index contributed by atoms with van der Waals surface area (Å²) in [5.41, 5.74) is -0.0214. The summed E-state index contributed by atoms with van der Waals surface area (Å²) in [5.74, 6) is -2.04. The van der Waals surface area contributed by atoms with Crippen molar-refractivity contribution in [1.29, 1.82) is 0 Å². The van der Waals surface area contributed by atoms with Gasteiger partial charge in [0.15, 0.2) is 0 Å². The smallest absolute Gasteiger partial charge is 0.308 e. The second kappa shape index (κ2) is 5.61. The summed E-state index contributed by atoms with van der Waals surface area (Å²) in [7, 11) is 0. The fraction of sp³-hybridized carbons (Fsp3) is 0.467. The number of hydrogen-bond donors (Lipinski definition) is 2. The molecule has 5 heteroatoms. The normalized spacial score (nSPS) is 17.3. The Morgan fingerprint density at radius 3 is 2.60 bits per heavy atom. The fourth-order valence-electron chi connectivity index (χ4n) is 2.16. The van der Waals surface area contributed by atoms with Crippen molar-refractivity contribution in [3.63, 3.8) is 0 Å².